The van der Waals surface area contributed by atoms with E-state index in [0.29, 0.717) is 11.4 Å². The quantitative estimate of drug-likeness (QED) is 0.864. The predicted octanol–water partition coefficient (Wildman–Crippen LogP) is 2.38. The van der Waals surface area contributed by atoms with Gasteiger partial charge in [0.1, 0.15) is 0 Å². The molecule has 0 aliphatic carbocycles. The number of hydrogen-bond donors (Lipinski definition) is 1. The van der Waals surface area contributed by atoms with Crippen molar-refractivity contribution >= 4 is 17.6 Å². The molecule has 1 unspecified atom stereocenters. The molecule has 0 fully saturated rings. The zero-order valence-electron chi connectivity index (χ0n) is 9.07. The van der Waals surface area contributed by atoms with E-state index in [2.05, 4.69) is 5.10 Å². The summed E-state index contributed by atoms with van der Waals surface area (Å²) in [5.74, 6) is -0.620. The van der Waals surface area contributed by atoms with Crippen molar-refractivity contribution < 1.29 is 9.90 Å². The predicted molar refractivity (Wildman–Crippen MR) is 58.0 cm³/mol. The lowest BCUT2D eigenvalue weighted by Crippen LogP contribution is -2.40. The van der Waals surface area contributed by atoms with E-state index < -0.39 is 11.5 Å². The summed E-state index contributed by atoms with van der Waals surface area (Å²) >= 11 is 5.73. The van der Waals surface area contributed by atoms with Gasteiger partial charge in [-0.1, -0.05) is 25.4 Å². The maximum atomic E-state index is 11.3. The molecule has 1 aromatic rings. The van der Waals surface area contributed by atoms with Crippen LogP contribution in [0.25, 0.3) is 0 Å². The minimum atomic E-state index is -1.03. The first-order chi connectivity index (χ1) is 6.86. The topological polar surface area (TPSA) is 55.1 Å². The molecule has 1 N–H and O–H groups in total. The van der Waals surface area contributed by atoms with E-state index in [1.165, 1.54) is 17.1 Å². The van der Waals surface area contributed by atoms with Crippen LogP contribution in [-0.2, 0) is 10.3 Å². The van der Waals surface area contributed by atoms with Gasteiger partial charge in [0.2, 0.25) is 0 Å². The molecule has 0 aliphatic rings. The van der Waals surface area contributed by atoms with Gasteiger partial charge in [-0.05, 0) is 19.3 Å². The lowest BCUT2D eigenvalue weighted by molar-refractivity contribution is -0.148. The van der Waals surface area contributed by atoms with Gasteiger partial charge in [0.05, 0.1) is 11.2 Å². The highest BCUT2D eigenvalue weighted by atomic mass is 35.5. The second kappa shape index (κ2) is 4.23. The highest BCUT2D eigenvalue weighted by Gasteiger charge is 2.36. The number of nitrogens with zero attached hydrogens (tertiary/aromatic N) is 2. The van der Waals surface area contributed by atoms with E-state index in [4.69, 9.17) is 11.6 Å². The third kappa shape index (κ3) is 2.50. The molecule has 0 saturated carbocycles. The van der Waals surface area contributed by atoms with Crippen LogP contribution in [0.2, 0.25) is 5.02 Å². The molecule has 0 saturated heterocycles. The zero-order chi connectivity index (χ0) is 11.6. The molecule has 0 spiro atoms. The van der Waals surface area contributed by atoms with Crippen molar-refractivity contribution in [3.05, 3.63) is 17.4 Å². The van der Waals surface area contributed by atoms with E-state index in [1.807, 2.05) is 13.8 Å². The number of carboxylic acids is 1. The van der Waals surface area contributed by atoms with Crippen LogP contribution in [0.5, 0.6) is 0 Å². The highest BCUT2D eigenvalue weighted by Crippen LogP contribution is 2.26. The number of carboxylic acid groups (broad SMARTS) is 1. The molecular weight excluding hydrogens is 216 g/mol. The molecule has 1 rings (SSSR count). The molecule has 0 bridgehead atoms. The Labute approximate surface area is 93.9 Å². The standard InChI is InChI=1S/C10H15ClN2O2/c1-7(2)4-10(3,9(14)15)13-6-8(11)5-12-13/h5-7H,4H2,1-3H3,(H,14,15). The van der Waals surface area contributed by atoms with Gasteiger partial charge in [0, 0.05) is 6.20 Å². The number of aliphatic carboxylic acids is 1. The lowest BCUT2D eigenvalue weighted by Gasteiger charge is -2.27. The molecule has 1 heterocycles. The van der Waals surface area contributed by atoms with Crippen LogP contribution < -0.4 is 0 Å². The summed E-state index contributed by atoms with van der Waals surface area (Å²) in [7, 11) is 0. The van der Waals surface area contributed by atoms with E-state index >= 15 is 0 Å². The highest BCUT2D eigenvalue weighted by molar-refractivity contribution is 6.30. The number of carbonyl (C=O) groups is 1. The van der Waals surface area contributed by atoms with Gasteiger partial charge < -0.3 is 5.11 Å². The summed E-state index contributed by atoms with van der Waals surface area (Å²) in [6, 6.07) is 0. The Hall–Kier alpha value is -1.03. The summed E-state index contributed by atoms with van der Waals surface area (Å²) in [5, 5.41) is 13.7. The van der Waals surface area contributed by atoms with Crippen molar-refractivity contribution in [1.29, 1.82) is 0 Å². The van der Waals surface area contributed by atoms with Crippen LogP contribution in [0.3, 0.4) is 0 Å². The fourth-order valence-electron chi connectivity index (χ4n) is 1.64. The molecular formula is C10H15ClN2O2. The van der Waals surface area contributed by atoms with Gasteiger partial charge >= 0.3 is 5.97 Å². The van der Waals surface area contributed by atoms with Gasteiger partial charge in [-0.3, -0.25) is 4.68 Å². The van der Waals surface area contributed by atoms with Crippen molar-refractivity contribution in [2.75, 3.05) is 0 Å². The average molecular weight is 231 g/mol. The summed E-state index contributed by atoms with van der Waals surface area (Å²) < 4.78 is 1.41. The zero-order valence-corrected chi connectivity index (χ0v) is 9.82. The number of rotatable bonds is 4. The first-order valence-corrected chi connectivity index (χ1v) is 5.18. The summed E-state index contributed by atoms with van der Waals surface area (Å²) in [6.45, 7) is 5.61. The van der Waals surface area contributed by atoms with Crippen molar-refractivity contribution in [1.82, 2.24) is 9.78 Å². The molecule has 1 aromatic heterocycles. The van der Waals surface area contributed by atoms with Crippen molar-refractivity contribution in [2.45, 2.75) is 32.7 Å². The third-order valence-corrected chi connectivity index (χ3v) is 2.52. The molecule has 0 aliphatic heterocycles. The second-order valence-corrected chi connectivity index (χ2v) is 4.72. The van der Waals surface area contributed by atoms with Crippen LogP contribution in [0.15, 0.2) is 12.4 Å². The normalized spacial score (nSPS) is 15.3. The fraction of sp³-hybridized carbons (Fsp3) is 0.600. The van der Waals surface area contributed by atoms with E-state index in [-0.39, 0.29) is 5.92 Å². The fourth-order valence-corrected chi connectivity index (χ4v) is 1.78. The van der Waals surface area contributed by atoms with Crippen molar-refractivity contribution in [2.24, 2.45) is 5.92 Å². The molecule has 4 nitrogen and oxygen atoms in total. The summed E-state index contributed by atoms with van der Waals surface area (Å²) in [5.41, 5.74) is -1.03. The van der Waals surface area contributed by atoms with E-state index in [9.17, 15) is 9.90 Å². The van der Waals surface area contributed by atoms with Gasteiger partial charge in [0.25, 0.3) is 0 Å². The van der Waals surface area contributed by atoms with Crippen molar-refractivity contribution in [3.8, 4) is 0 Å². The monoisotopic (exact) mass is 230 g/mol. The Kier molecular flexibility index (Phi) is 3.39. The molecule has 1 atom stereocenters. The summed E-state index contributed by atoms with van der Waals surface area (Å²) in [4.78, 5) is 11.3. The smallest absolute Gasteiger partial charge is 0.331 e. The first kappa shape index (κ1) is 12.0. The average Bonchev–Trinajstić information content (AvgIpc) is 2.50. The number of aromatic nitrogens is 2. The van der Waals surface area contributed by atoms with Gasteiger partial charge in [-0.15, -0.1) is 0 Å². The molecule has 15 heavy (non-hydrogen) atoms. The van der Waals surface area contributed by atoms with Gasteiger partial charge in [0.15, 0.2) is 5.54 Å². The van der Waals surface area contributed by atoms with E-state index in [0.717, 1.165) is 0 Å². The molecule has 5 heteroatoms. The Bertz CT molecular complexity index is 362. The molecule has 0 aromatic carbocycles. The van der Waals surface area contributed by atoms with Crippen LogP contribution >= 0.6 is 11.6 Å². The third-order valence-electron chi connectivity index (χ3n) is 2.32. The maximum absolute atomic E-state index is 11.3. The number of hydrogen-bond acceptors (Lipinski definition) is 2. The Balaban J connectivity index is 3.06. The Morgan fingerprint density at radius 3 is 2.67 bits per heavy atom. The molecule has 0 amide bonds. The van der Waals surface area contributed by atoms with Gasteiger partial charge in [-0.2, -0.15) is 5.10 Å². The van der Waals surface area contributed by atoms with Crippen LogP contribution in [-0.4, -0.2) is 20.9 Å². The largest absolute Gasteiger partial charge is 0.479 e. The van der Waals surface area contributed by atoms with Crippen LogP contribution in [0.1, 0.15) is 27.2 Å². The van der Waals surface area contributed by atoms with E-state index in [1.54, 1.807) is 6.92 Å². The number of halogens is 1. The Morgan fingerprint density at radius 1 is 1.73 bits per heavy atom. The lowest BCUT2D eigenvalue weighted by atomic mass is 9.91. The second-order valence-electron chi connectivity index (χ2n) is 4.28. The maximum Gasteiger partial charge on any atom is 0.331 e. The molecule has 84 valence electrons. The first-order valence-electron chi connectivity index (χ1n) is 4.80. The Morgan fingerprint density at radius 2 is 2.33 bits per heavy atom. The minimum absolute atomic E-state index is 0.272. The van der Waals surface area contributed by atoms with Crippen LogP contribution in [0, 0.1) is 5.92 Å². The minimum Gasteiger partial charge on any atom is -0.479 e. The summed E-state index contributed by atoms with van der Waals surface area (Å²) in [6.07, 6.45) is 3.50. The molecule has 0 radical (unpaired) electrons. The van der Waals surface area contributed by atoms with Gasteiger partial charge in [-0.25, -0.2) is 4.79 Å². The van der Waals surface area contributed by atoms with Crippen molar-refractivity contribution in [3.63, 3.8) is 0 Å². The van der Waals surface area contributed by atoms with Crippen LogP contribution in [0.4, 0.5) is 0 Å². The SMILES string of the molecule is CC(C)CC(C)(C(=O)O)n1cc(Cl)cn1.